The molecule has 0 aliphatic heterocycles. The molecule has 1 amide bonds. The largest absolute Gasteiger partial charge is 0.366 e. The van der Waals surface area contributed by atoms with Crippen molar-refractivity contribution in [2.45, 2.75) is 88.0 Å². The van der Waals surface area contributed by atoms with E-state index in [9.17, 15) is 22.8 Å². The number of carbonyl (C=O) groups excluding carboxylic acids is 1. The molecule has 0 spiro atoms. The second-order valence-electron chi connectivity index (χ2n) is 12.9. The maximum Gasteiger partial charge on any atom is 0.333 e. The Morgan fingerprint density at radius 2 is 1.47 bits per heavy atom. The molecule has 1 atom stereocenters. The number of nitrogens with two attached hydrogens (primary N) is 2. The Labute approximate surface area is 274 Å². The van der Waals surface area contributed by atoms with Gasteiger partial charge in [0.2, 0.25) is 15.9 Å². The summed E-state index contributed by atoms with van der Waals surface area (Å²) >= 11 is 0. The summed E-state index contributed by atoms with van der Waals surface area (Å²) in [6.45, 7) is 0. The maximum atomic E-state index is 14.1. The first-order valence-electron chi connectivity index (χ1n) is 16.5. The lowest BCUT2D eigenvalue weighted by Crippen LogP contribution is -2.44. The van der Waals surface area contributed by atoms with Crippen molar-refractivity contribution < 1.29 is 13.2 Å². The summed E-state index contributed by atoms with van der Waals surface area (Å²) in [5.74, 6) is -0.199. The molecule has 47 heavy (non-hydrogen) atoms. The van der Waals surface area contributed by atoms with Crippen LogP contribution in [0.2, 0.25) is 0 Å². The minimum atomic E-state index is -4.04. The van der Waals surface area contributed by atoms with Crippen molar-refractivity contribution in [2.24, 2.45) is 17.9 Å². The predicted molar refractivity (Wildman–Crippen MR) is 183 cm³/mol. The van der Waals surface area contributed by atoms with Crippen LogP contribution in [0.3, 0.4) is 0 Å². The highest BCUT2D eigenvalue weighted by molar-refractivity contribution is 7.89. The number of fused-ring (bicyclic) bond motifs is 1. The van der Waals surface area contributed by atoms with Crippen LogP contribution >= 0.6 is 0 Å². The number of primary sulfonamides is 1. The van der Waals surface area contributed by atoms with Gasteiger partial charge in [-0.05, 0) is 42.9 Å². The zero-order valence-corrected chi connectivity index (χ0v) is 27.5. The molecule has 4 aromatic rings. The van der Waals surface area contributed by atoms with E-state index in [4.69, 9.17) is 15.9 Å². The average molecular weight is 659 g/mol. The minimum Gasteiger partial charge on any atom is -0.366 e. The summed E-state index contributed by atoms with van der Waals surface area (Å²) in [7, 11) is -2.20. The number of sulfonamides is 1. The van der Waals surface area contributed by atoms with Crippen molar-refractivity contribution in [1.29, 1.82) is 0 Å². The number of hydrogen-bond donors (Lipinski definition) is 2. The van der Waals surface area contributed by atoms with Crippen LogP contribution in [0.15, 0.2) is 69.8 Å². The molecule has 11 nitrogen and oxygen atoms in total. The third kappa shape index (κ3) is 6.62. The number of rotatable bonds is 9. The molecule has 4 N–H and O–H groups in total. The summed E-state index contributed by atoms with van der Waals surface area (Å²) in [4.78, 5) is 45.4. The van der Waals surface area contributed by atoms with E-state index >= 15 is 0 Å². The standard InChI is InChI=1S/C35H42N6O5S/c1-39-32(25-19-17-23(18-20-25)21-26(31(36)42)22-29(47(37,45)46)24-11-5-2-6-12-24)38-30-33(39)40(27-13-7-3-8-14-27)35(44)41(34(30)43)28-15-9-4-10-16-28/h2,5-6,11-12,17-21,27-29H,3-4,7-10,13-16,22H2,1H3,(H2,36,42)(H2,37,45,46)/b26-21+. The fourth-order valence-electron chi connectivity index (χ4n) is 7.36. The van der Waals surface area contributed by atoms with E-state index in [1.165, 1.54) is 4.57 Å². The van der Waals surface area contributed by atoms with Crippen LogP contribution in [-0.2, 0) is 21.9 Å². The van der Waals surface area contributed by atoms with Crippen LogP contribution in [0.25, 0.3) is 28.6 Å². The molecular formula is C35H42N6O5S. The maximum absolute atomic E-state index is 14.1. The van der Waals surface area contributed by atoms with Gasteiger partial charge in [-0.15, -0.1) is 0 Å². The summed E-state index contributed by atoms with van der Waals surface area (Å²) in [6.07, 6.45) is 11.1. The topological polar surface area (TPSA) is 165 Å². The molecule has 2 aromatic carbocycles. The fraction of sp³-hybridized carbons (Fsp3) is 0.429. The van der Waals surface area contributed by atoms with Gasteiger partial charge in [-0.25, -0.2) is 23.3 Å². The molecule has 12 heteroatoms. The van der Waals surface area contributed by atoms with Gasteiger partial charge in [0, 0.05) is 36.7 Å². The first-order valence-corrected chi connectivity index (χ1v) is 18.1. The molecule has 2 heterocycles. The highest BCUT2D eigenvalue weighted by Gasteiger charge is 2.30. The average Bonchev–Trinajstić information content (AvgIpc) is 3.41. The minimum absolute atomic E-state index is 0.00854. The van der Waals surface area contributed by atoms with E-state index in [-0.39, 0.29) is 35.3 Å². The van der Waals surface area contributed by atoms with Crippen LogP contribution in [-0.4, -0.2) is 33.0 Å². The first-order chi connectivity index (χ1) is 22.5. The normalized spacial score (nSPS) is 17.6. The Balaban J connectivity index is 1.40. The molecule has 0 saturated heterocycles. The molecule has 2 aliphatic rings. The Morgan fingerprint density at radius 1 is 0.894 bits per heavy atom. The van der Waals surface area contributed by atoms with Crippen LogP contribution in [0.5, 0.6) is 0 Å². The number of primary amides is 1. The lowest BCUT2D eigenvalue weighted by molar-refractivity contribution is -0.114. The molecule has 2 aliphatic carbocycles. The molecule has 1 unspecified atom stereocenters. The number of carbonyl (C=O) groups is 1. The van der Waals surface area contributed by atoms with E-state index in [1.54, 1.807) is 48.5 Å². The van der Waals surface area contributed by atoms with Gasteiger partial charge in [0.15, 0.2) is 11.2 Å². The Kier molecular flexibility index (Phi) is 9.34. The van der Waals surface area contributed by atoms with Crippen molar-refractivity contribution in [2.75, 3.05) is 0 Å². The van der Waals surface area contributed by atoms with Crippen LogP contribution in [0.4, 0.5) is 0 Å². The Morgan fingerprint density at radius 3 is 2.02 bits per heavy atom. The van der Waals surface area contributed by atoms with Gasteiger partial charge in [0.05, 0.1) is 0 Å². The molecule has 0 bridgehead atoms. The lowest BCUT2D eigenvalue weighted by atomic mass is 9.94. The predicted octanol–water partition coefficient (Wildman–Crippen LogP) is 4.86. The van der Waals surface area contributed by atoms with Gasteiger partial charge in [0.1, 0.15) is 11.1 Å². The van der Waals surface area contributed by atoms with Crippen LogP contribution in [0.1, 0.15) is 99.1 Å². The van der Waals surface area contributed by atoms with Gasteiger partial charge in [-0.2, -0.15) is 0 Å². The number of aromatic nitrogens is 4. The number of aryl methyl sites for hydroxylation is 1. The molecule has 248 valence electrons. The molecule has 2 saturated carbocycles. The van der Waals surface area contributed by atoms with Gasteiger partial charge in [0.25, 0.3) is 5.56 Å². The number of benzene rings is 2. The van der Waals surface area contributed by atoms with E-state index in [0.717, 1.165) is 69.8 Å². The smallest absolute Gasteiger partial charge is 0.333 e. The van der Waals surface area contributed by atoms with Crippen molar-refractivity contribution in [3.63, 3.8) is 0 Å². The number of hydrogen-bond acceptors (Lipinski definition) is 6. The van der Waals surface area contributed by atoms with Gasteiger partial charge in [-0.1, -0.05) is 93.1 Å². The fourth-order valence-corrected chi connectivity index (χ4v) is 8.30. The van der Waals surface area contributed by atoms with Gasteiger partial charge < -0.3 is 10.3 Å². The molecule has 2 aromatic heterocycles. The Hall–Kier alpha value is -4.29. The van der Waals surface area contributed by atoms with Gasteiger partial charge in [-0.3, -0.25) is 18.7 Å². The highest BCUT2D eigenvalue weighted by atomic mass is 32.2. The van der Waals surface area contributed by atoms with Crippen LogP contribution < -0.4 is 22.1 Å². The molecular weight excluding hydrogens is 616 g/mol. The van der Waals surface area contributed by atoms with E-state index < -0.39 is 21.2 Å². The third-order valence-corrected chi connectivity index (χ3v) is 11.0. The van der Waals surface area contributed by atoms with Crippen molar-refractivity contribution in [3.05, 3.63) is 92.1 Å². The van der Waals surface area contributed by atoms with E-state index in [2.05, 4.69) is 0 Å². The van der Waals surface area contributed by atoms with Crippen molar-refractivity contribution in [3.8, 4) is 11.4 Å². The highest BCUT2D eigenvalue weighted by Crippen LogP contribution is 2.33. The van der Waals surface area contributed by atoms with Crippen molar-refractivity contribution >= 4 is 33.2 Å². The molecule has 2 fully saturated rings. The summed E-state index contributed by atoms with van der Waals surface area (Å²) in [5, 5.41) is 4.41. The quantitative estimate of drug-likeness (QED) is 0.244. The Bertz CT molecular complexity index is 2030. The van der Waals surface area contributed by atoms with Crippen molar-refractivity contribution in [1.82, 2.24) is 18.7 Å². The third-order valence-electron chi connectivity index (χ3n) is 9.81. The summed E-state index contributed by atoms with van der Waals surface area (Å²) < 4.78 is 30.1. The number of amides is 1. The molecule has 0 radical (unpaired) electrons. The first kappa shape index (κ1) is 32.6. The lowest BCUT2D eigenvalue weighted by Gasteiger charge is -2.28. The zero-order chi connectivity index (χ0) is 33.3. The van der Waals surface area contributed by atoms with Crippen LogP contribution in [0, 0.1) is 0 Å². The number of imidazole rings is 1. The summed E-state index contributed by atoms with van der Waals surface area (Å²) in [6, 6.07) is 15.6. The molecule has 6 rings (SSSR count). The monoisotopic (exact) mass is 658 g/mol. The zero-order valence-electron chi connectivity index (χ0n) is 26.7. The van der Waals surface area contributed by atoms with Gasteiger partial charge >= 0.3 is 5.69 Å². The second kappa shape index (κ2) is 13.4. The van der Waals surface area contributed by atoms with E-state index in [0.29, 0.717) is 28.1 Å². The SMILES string of the molecule is Cn1c(-c2ccc(/C=C(\CC(c3ccccc3)S(N)(=O)=O)C(N)=O)cc2)nc2c(=O)n(C3CCCCC3)c(=O)n(C3CCCCC3)c21. The van der Waals surface area contributed by atoms with E-state index in [1.807, 2.05) is 28.3 Å². The summed E-state index contributed by atoms with van der Waals surface area (Å²) in [5.41, 5.74) is 7.90. The number of nitrogens with zero attached hydrogens (tertiary/aromatic N) is 4. The second-order valence-corrected chi connectivity index (χ2v) is 14.7.